The number of rotatable bonds is 5. The first kappa shape index (κ1) is 17.9. The van der Waals surface area contributed by atoms with Gasteiger partial charge in [-0.2, -0.15) is 0 Å². The molecule has 2 N–H and O–H groups in total. The van der Waals surface area contributed by atoms with Crippen LogP contribution < -0.4 is 5.32 Å². The Labute approximate surface area is 130 Å². The minimum absolute atomic E-state index is 0.0357. The lowest BCUT2D eigenvalue weighted by Gasteiger charge is -2.28. The first-order valence-electron chi connectivity index (χ1n) is 7.09. The van der Waals surface area contributed by atoms with Crippen molar-refractivity contribution in [2.24, 2.45) is 0 Å². The number of nitrogens with zero attached hydrogens (tertiary/aromatic N) is 2. The lowest BCUT2D eigenvalue weighted by molar-refractivity contribution is -0.385. The maximum Gasteiger partial charge on any atom is 0.321 e. The fraction of sp³-hybridized carbons (Fsp3) is 0.533. The average molecular weight is 309 g/mol. The van der Waals surface area contributed by atoms with Crippen molar-refractivity contribution in [2.75, 3.05) is 18.4 Å². The highest BCUT2D eigenvalue weighted by atomic mass is 16.6. The van der Waals surface area contributed by atoms with Crippen LogP contribution in [0.25, 0.3) is 0 Å². The lowest BCUT2D eigenvalue weighted by Crippen LogP contribution is -2.44. The third kappa shape index (κ3) is 4.42. The Bertz CT molecular complexity index is 579. The van der Waals surface area contributed by atoms with Gasteiger partial charge in [-0.1, -0.05) is 6.07 Å². The summed E-state index contributed by atoms with van der Waals surface area (Å²) in [5.41, 5.74) is 0.549. The molecule has 0 saturated carbocycles. The van der Waals surface area contributed by atoms with E-state index in [4.69, 9.17) is 0 Å². The quantitative estimate of drug-likeness (QED) is 0.645. The zero-order chi connectivity index (χ0) is 17.1. The molecule has 0 spiro atoms. The van der Waals surface area contributed by atoms with Crippen LogP contribution in [0.15, 0.2) is 12.1 Å². The SMILES string of the molecule is CCN(CC(C)(C)O)C(=O)Nc1c(C)ccc([N+](=O)[O-])c1C. The van der Waals surface area contributed by atoms with Crippen molar-refractivity contribution in [3.05, 3.63) is 33.4 Å². The molecule has 1 rings (SSSR count). The van der Waals surface area contributed by atoms with Crippen molar-refractivity contribution >= 4 is 17.4 Å². The first-order chi connectivity index (χ1) is 10.1. The number of aryl methyl sites for hydroxylation is 1. The van der Waals surface area contributed by atoms with Crippen molar-refractivity contribution in [1.82, 2.24) is 4.90 Å². The number of anilines is 1. The molecule has 0 bridgehead atoms. The molecule has 0 heterocycles. The second-order valence-electron chi connectivity index (χ2n) is 5.92. The number of carbonyl (C=O) groups is 1. The summed E-state index contributed by atoms with van der Waals surface area (Å²) in [5, 5.41) is 23.6. The molecular formula is C15H23N3O4. The number of nitro groups is 1. The van der Waals surface area contributed by atoms with Gasteiger partial charge in [-0.3, -0.25) is 10.1 Å². The maximum absolute atomic E-state index is 12.3. The third-order valence-corrected chi connectivity index (χ3v) is 3.32. The van der Waals surface area contributed by atoms with E-state index in [0.717, 1.165) is 5.56 Å². The van der Waals surface area contributed by atoms with Gasteiger partial charge in [0.1, 0.15) is 0 Å². The molecule has 0 fully saturated rings. The standard InChI is InChI=1S/C15H23N3O4/c1-6-17(9-15(4,5)20)14(19)16-13-10(2)7-8-12(11(13)3)18(21)22/h7-8,20H,6,9H2,1-5H3,(H,16,19). The van der Waals surface area contributed by atoms with Crippen LogP contribution in [0.5, 0.6) is 0 Å². The van der Waals surface area contributed by atoms with Crippen LogP contribution >= 0.6 is 0 Å². The van der Waals surface area contributed by atoms with E-state index in [-0.39, 0.29) is 12.2 Å². The molecule has 7 nitrogen and oxygen atoms in total. The molecule has 0 aliphatic rings. The predicted octanol–water partition coefficient (Wildman–Crippen LogP) is 2.84. The number of urea groups is 1. The van der Waals surface area contributed by atoms with E-state index < -0.39 is 16.6 Å². The van der Waals surface area contributed by atoms with Crippen LogP contribution in [-0.4, -0.2) is 39.7 Å². The summed E-state index contributed by atoms with van der Waals surface area (Å²) in [7, 11) is 0. The molecule has 1 aromatic rings. The van der Waals surface area contributed by atoms with E-state index in [1.54, 1.807) is 40.7 Å². The second-order valence-corrected chi connectivity index (χ2v) is 5.92. The number of aliphatic hydroxyl groups is 1. The predicted molar refractivity (Wildman–Crippen MR) is 85.1 cm³/mol. The number of hydrogen-bond donors (Lipinski definition) is 2. The fourth-order valence-corrected chi connectivity index (χ4v) is 2.21. The number of nitro benzene ring substituents is 1. The molecule has 122 valence electrons. The van der Waals surface area contributed by atoms with Gasteiger partial charge in [-0.05, 0) is 40.2 Å². The number of carbonyl (C=O) groups excluding carboxylic acids is 1. The first-order valence-corrected chi connectivity index (χ1v) is 7.09. The van der Waals surface area contributed by atoms with Gasteiger partial charge in [0.25, 0.3) is 5.69 Å². The van der Waals surface area contributed by atoms with Crippen LogP contribution in [0.3, 0.4) is 0 Å². The van der Waals surface area contributed by atoms with E-state index in [9.17, 15) is 20.0 Å². The largest absolute Gasteiger partial charge is 0.389 e. The Hall–Kier alpha value is -2.15. The number of nitrogens with one attached hydrogen (secondary N) is 1. The number of amides is 2. The lowest BCUT2D eigenvalue weighted by atomic mass is 10.1. The van der Waals surface area contributed by atoms with E-state index in [1.807, 2.05) is 0 Å². The van der Waals surface area contributed by atoms with Crippen LogP contribution in [0, 0.1) is 24.0 Å². The number of hydrogen-bond acceptors (Lipinski definition) is 4. The molecule has 22 heavy (non-hydrogen) atoms. The van der Waals surface area contributed by atoms with Gasteiger partial charge in [0.15, 0.2) is 0 Å². The normalized spacial score (nSPS) is 11.2. The van der Waals surface area contributed by atoms with E-state index in [1.165, 1.54) is 11.0 Å². The number of benzene rings is 1. The van der Waals surface area contributed by atoms with Crippen molar-refractivity contribution < 1.29 is 14.8 Å². The monoisotopic (exact) mass is 309 g/mol. The smallest absolute Gasteiger partial charge is 0.321 e. The Morgan fingerprint density at radius 1 is 1.41 bits per heavy atom. The van der Waals surface area contributed by atoms with Crippen LogP contribution in [0.2, 0.25) is 0 Å². The Kier molecular flexibility index (Phi) is 5.48. The Morgan fingerprint density at radius 2 is 2.00 bits per heavy atom. The zero-order valence-corrected chi connectivity index (χ0v) is 13.6. The highest BCUT2D eigenvalue weighted by molar-refractivity contribution is 5.91. The van der Waals surface area contributed by atoms with Gasteiger partial charge >= 0.3 is 6.03 Å². The summed E-state index contributed by atoms with van der Waals surface area (Å²) in [6, 6.07) is 2.64. The molecule has 2 amide bonds. The van der Waals surface area contributed by atoms with Crippen molar-refractivity contribution in [1.29, 1.82) is 0 Å². The summed E-state index contributed by atoms with van der Waals surface area (Å²) in [4.78, 5) is 24.3. The number of likely N-dealkylation sites (N-methyl/N-ethyl adjacent to an activating group) is 1. The summed E-state index contributed by atoms with van der Waals surface area (Å²) < 4.78 is 0. The molecule has 0 radical (unpaired) electrons. The Morgan fingerprint density at radius 3 is 2.45 bits per heavy atom. The average Bonchev–Trinajstić information content (AvgIpc) is 2.39. The van der Waals surface area contributed by atoms with Crippen LogP contribution in [-0.2, 0) is 0 Å². The molecule has 0 aliphatic carbocycles. The third-order valence-electron chi connectivity index (χ3n) is 3.32. The van der Waals surface area contributed by atoms with Crippen molar-refractivity contribution in [3.8, 4) is 0 Å². The van der Waals surface area contributed by atoms with Gasteiger partial charge in [-0.25, -0.2) is 4.79 Å². The molecule has 0 unspecified atom stereocenters. The summed E-state index contributed by atoms with van der Waals surface area (Å²) in [6.45, 7) is 9.01. The van der Waals surface area contributed by atoms with Crippen molar-refractivity contribution in [3.63, 3.8) is 0 Å². The van der Waals surface area contributed by atoms with Gasteiger partial charge in [0.2, 0.25) is 0 Å². The van der Waals surface area contributed by atoms with Gasteiger partial charge < -0.3 is 15.3 Å². The summed E-state index contributed by atoms with van der Waals surface area (Å²) >= 11 is 0. The molecule has 7 heteroatoms. The van der Waals surface area contributed by atoms with Crippen molar-refractivity contribution in [2.45, 2.75) is 40.2 Å². The van der Waals surface area contributed by atoms with Gasteiger partial charge in [-0.15, -0.1) is 0 Å². The van der Waals surface area contributed by atoms with Gasteiger partial charge in [0, 0.05) is 12.6 Å². The van der Waals surface area contributed by atoms with Crippen LogP contribution in [0.4, 0.5) is 16.2 Å². The van der Waals surface area contributed by atoms with E-state index >= 15 is 0 Å². The molecule has 0 aliphatic heterocycles. The van der Waals surface area contributed by atoms with Gasteiger partial charge in [0.05, 0.1) is 28.3 Å². The minimum Gasteiger partial charge on any atom is -0.389 e. The molecule has 0 aromatic heterocycles. The molecule has 0 atom stereocenters. The summed E-state index contributed by atoms with van der Waals surface area (Å²) in [6.07, 6.45) is 0. The topological polar surface area (TPSA) is 95.7 Å². The molecule has 1 aromatic carbocycles. The maximum atomic E-state index is 12.3. The van der Waals surface area contributed by atoms with Crippen LogP contribution in [0.1, 0.15) is 31.9 Å². The van der Waals surface area contributed by atoms with E-state index in [2.05, 4.69) is 5.32 Å². The molecule has 0 saturated heterocycles. The second kappa shape index (κ2) is 6.74. The minimum atomic E-state index is -1.01. The highest BCUT2D eigenvalue weighted by Gasteiger charge is 2.23. The Balaban J connectivity index is 3.05. The highest BCUT2D eigenvalue weighted by Crippen LogP contribution is 2.29. The molecular weight excluding hydrogens is 286 g/mol. The zero-order valence-electron chi connectivity index (χ0n) is 13.6. The van der Waals surface area contributed by atoms with E-state index in [0.29, 0.717) is 17.8 Å². The fourth-order valence-electron chi connectivity index (χ4n) is 2.21. The summed E-state index contributed by atoms with van der Waals surface area (Å²) in [5.74, 6) is 0.